The molecule has 2 aliphatic rings. The van der Waals surface area contributed by atoms with Gasteiger partial charge < -0.3 is 39.6 Å². The molecule has 1 unspecified atom stereocenters. The molecule has 1 aromatic carbocycles. The van der Waals surface area contributed by atoms with Crippen molar-refractivity contribution in [2.45, 2.75) is 38.8 Å². The molecule has 0 saturated carbocycles. The van der Waals surface area contributed by atoms with Crippen molar-refractivity contribution in [2.24, 2.45) is 0 Å². The third kappa shape index (κ3) is 7.82. The van der Waals surface area contributed by atoms with Gasteiger partial charge in [-0.25, -0.2) is 14.8 Å². The van der Waals surface area contributed by atoms with Gasteiger partial charge in [-0.1, -0.05) is 12.1 Å². The number of rotatable bonds is 10. The van der Waals surface area contributed by atoms with Gasteiger partial charge in [-0.3, -0.25) is 24.0 Å². The zero-order valence-electron chi connectivity index (χ0n) is 25.8. The number of aliphatic carboxylic acids is 1. The first-order valence-electron chi connectivity index (χ1n) is 15.2. The van der Waals surface area contributed by atoms with Gasteiger partial charge in [-0.2, -0.15) is 0 Å². The molecule has 2 aliphatic heterocycles. The summed E-state index contributed by atoms with van der Waals surface area (Å²) in [6.45, 7) is 2.83. The Balaban J connectivity index is 1.29. The number of carbonyl (C=O) groups excluding carboxylic acids is 4. The van der Waals surface area contributed by atoms with Gasteiger partial charge in [-0.05, 0) is 25.5 Å². The number of hydrogen-bond acceptors (Lipinski definition) is 10. The number of ether oxygens (including phenoxy) is 2. The van der Waals surface area contributed by atoms with Gasteiger partial charge in [0.2, 0.25) is 5.91 Å². The summed E-state index contributed by atoms with van der Waals surface area (Å²) in [5, 5.41) is 12.5. The third-order valence-corrected chi connectivity index (χ3v) is 7.99. The number of amides is 4. The van der Waals surface area contributed by atoms with E-state index < -0.39 is 29.9 Å². The van der Waals surface area contributed by atoms with E-state index in [4.69, 9.17) is 9.47 Å². The van der Waals surface area contributed by atoms with E-state index >= 15 is 0 Å². The van der Waals surface area contributed by atoms with E-state index in [1.807, 2.05) is 0 Å². The molecular formula is C31H35N7O9. The molecule has 16 heteroatoms. The van der Waals surface area contributed by atoms with Gasteiger partial charge in [0.1, 0.15) is 17.5 Å². The van der Waals surface area contributed by atoms with Crippen molar-refractivity contribution in [3.63, 3.8) is 0 Å². The summed E-state index contributed by atoms with van der Waals surface area (Å²) in [4.78, 5) is 91.3. The number of nitrogens with one attached hydrogen (secondary N) is 2. The molecule has 0 bridgehead atoms. The molecule has 2 aromatic heterocycles. The van der Waals surface area contributed by atoms with E-state index in [2.05, 4.69) is 20.3 Å². The smallest absolute Gasteiger partial charge is 0.409 e. The van der Waals surface area contributed by atoms with Gasteiger partial charge in [0.05, 0.1) is 36.3 Å². The zero-order valence-corrected chi connectivity index (χ0v) is 25.8. The highest BCUT2D eigenvalue weighted by Crippen LogP contribution is 2.26. The minimum atomic E-state index is -1.17. The van der Waals surface area contributed by atoms with Crippen LogP contribution in [-0.2, 0) is 32.1 Å². The highest BCUT2D eigenvalue weighted by atomic mass is 16.6. The van der Waals surface area contributed by atoms with Gasteiger partial charge in [0.25, 0.3) is 17.4 Å². The average Bonchev–Trinajstić information content (AvgIpc) is 3.08. The molecular weight excluding hydrogens is 614 g/mol. The molecule has 5 rings (SSSR count). The minimum Gasteiger partial charge on any atom is -0.483 e. The maximum atomic E-state index is 13.5. The Morgan fingerprint density at radius 2 is 1.79 bits per heavy atom. The number of carboxylic acids is 1. The number of aromatic amines is 1. The molecule has 4 amide bonds. The summed E-state index contributed by atoms with van der Waals surface area (Å²) in [6, 6.07) is 7.05. The Bertz CT molecular complexity index is 1740. The second kappa shape index (κ2) is 14.7. The summed E-state index contributed by atoms with van der Waals surface area (Å²) in [7, 11) is 0. The lowest BCUT2D eigenvalue weighted by atomic mass is 10.1. The topological polar surface area (TPSA) is 204 Å². The van der Waals surface area contributed by atoms with Crippen molar-refractivity contribution in [2.75, 3.05) is 45.9 Å². The first-order valence-corrected chi connectivity index (χ1v) is 15.2. The van der Waals surface area contributed by atoms with Gasteiger partial charge in [-0.15, -0.1) is 0 Å². The van der Waals surface area contributed by atoms with Crippen LogP contribution in [0.3, 0.4) is 0 Å². The second-order valence-electron chi connectivity index (χ2n) is 11.0. The second-order valence-corrected chi connectivity index (χ2v) is 11.0. The molecule has 248 valence electrons. The molecule has 1 saturated heterocycles. The minimum absolute atomic E-state index is 0.0923. The highest BCUT2D eigenvalue weighted by molar-refractivity contribution is 5.99. The van der Waals surface area contributed by atoms with E-state index in [1.165, 1.54) is 27.1 Å². The Morgan fingerprint density at radius 1 is 1.04 bits per heavy atom. The number of hydrogen-bond donors (Lipinski definition) is 3. The number of pyridine rings is 1. The molecule has 3 aromatic rings. The van der Waals surface area contributed by atoms with Crippen molar-refractivity contribution < 1.29 is 38.6 Å². The maximum absolute atomic E-state index is 13.5. The number of fused-ring (bicyclic) bond motifs is 2. The van der Waals surface area contributed by atoms with E-state index in [0.717, 1.165) is 0 Å². The number of nitrogens with zero attached hydrogens (tertiary/aromatic N) is 5. The molecule has 47 heavy (non-hydrogen) atoms. The molecule has 1 atom stereocenters. The number of aromatic nitrogens is 3. The summed E-state index contributed by atoms with van der Waals surface area (Å²) < 4.78 is 10.9. The van der Waals surface area contributed by atoms with Crippen LogP contribution in [-0.4, -0.2) is 117 Å². The Hall–Kier alpha value is -5.54. The number of piperazine rings is 1. The fourth-order valence-corrected chi connectivity index (χ4v) is 5.48. The van der Waals surface area contributed by atoms with E-state index in [9.17, 15) is 33.9 Å². The molecule has 0 aliphatic carbocycles. The summed E-state index contributed by atoms with van der Waals surface area (Å²) in [6.07, 6.45) is 0.746. The molecule has 1 fully saturated rings. The predicted octanol–water partition coefficient (Wildman–Crippen LogP) is 0.546. The maximum Gasteiger partial charge on any atom is 0.409 e. The Labute approximate surface area is 268 Å². The van der Waals surface area contributed by atoms with Gasteiger partial charge >= 0.3 is 12.1 Å². The number of para-hydroxylation sites is 1. The highest BCUT2D eigenvalue weighted by Gasteiger charge is 2.31. The summed E-state index contributed by atoms with van der Waals surface area (Å²) in [5.74, 6) is -2.52. The number of carbonyl (C=O) groups is 5. The van der Waals surface area contributed by atoms with Crippen molar-refractivity contribution >= 4 is 40.7 Å². The van der Waals surface area contributed by atoms with Gasteiger partial charge in [0, 0.05) is 57.0 Å². The molecule has 0 radical (unpaired) electrons. The van der Waals surface area contributed by atoms with E-state index in [0.29, 0.717) is 35.1 Å². The van der Waals surface area contributed by atoms with Crippen molar-refractivity contribution in [1.82, 2.24) is 35.0 Å². The largest absolute Gasteiger partial charge is 0.483 e. The fourth-order valence-electron chi connectivity index (χ4n) is 5.48. The van der Waals surface area contributed by atoms with Crippen LogP contribution in [0.4, 0.5) is 4.79 Å². The lowest BCUT2D eigenvalue weighted by molar-refractivity contribution is -0.138. The SMILES string of the molecule is CCOC(=O)N1CCN(C(=O)C(CCC(=O)O)NC(=O)c2cc(OCC(=O)N3CCc4nc[nH]c(=O)c4C3)c3ccccc3n2)CC1. The molecule has 4 heterocycles. The summed E-state index contributed by atoms with van der Waals surface area (Å²) in [5.41, 5.74) is 1.07. The van der Waals surface area contributed by atoms with Crippen LogP contribution >= 0.6 is 0 Å². The fraction of sp³-hybridized carbons (Fsp3) is 0.419. The first-order chi connectivity index (χ1) is 22.6. The first kappa shape index (κ1) is 32.8. The number of benzene rings is 1. The lowest BCUT2D eigenvalue weighted by Crippen LogP contribution is -2.56. The number of H-pyrrole nitrogens is 1. The quantitative estimate of drug-likeness (QED) is 0.277. The van der Waals surface area contributed by atoms with Crippen LogP contribution in [0.15, 0.2) is 41.5 Å². The van der Waals surface area contributed by atoms with E-state index in [1.54, 1.807) is 31.2 Å². The van der Waals surface area contributed by atoms with Crippen molar-refractivity contribution in [3.05, 3.63) is 64.0 Å². The van der Waals surface area contributed by atoms with E-state index in [-0.39, 0.29) is 81.7 Å². The molecule has 0 spiro atoms. The normalized spacial score (nSPS) is 15.0. The van der Waals surface area contributed by atoms with Gasteiger partial charge in [0.15, 0.2) is 6.61 Å². The Kier molecular flexibility index (Phi) is 10.3. The Morgan fingerprint density at radius 3 is 2.53 bits per heavy atom. The predicted molar refractivity (Wildman–Crippen MR) is 165 cm³/mol. The molecule has 16 nitrogen and oxygen atoms in total. The zero-order chi connectivity index (χ0) is 33.5. The van der Waals surface area contributed by atoms with Crippen molar-refractivity contribution in [1.29, 1.82) is 0 Å². The monoisotopic (exact) mass is 649 g/mol. The standard InChI is InChI=1S/C31H35N7O9/c1-2-46-31(45)37-13-11-36(12-14-37)30(44)23(7-8-27(40)41)35-29(43)24-15-25(19-5-3-4-6-22(19)34-24)47-17-26(39)38-10-9-21-20(16-38)28(42)33-18-32-21/h3-6,15,18,23H,2,7-14,16-17H2,1H3,(H,35,43)(H,40,41)(H,32,33,42). The van der Waals surface area contributed by atoms with Crippen LogP contribution < -0.4 is 15.6 Å². The third-order valence-electron chi connectivity index (χ3n) is 7.99. The lowest BCUT2D eigenvalue weighted by Gasteiger charge is -2.35. The van der Waals surface area contributed by atoms with Crippen molar-refractivity contribution in [3.8, 4) is 5.75 Å². The van der Waals surface area contributed by atoms with Crippen LogP contribution in [0.25, 0.3) is 10.9 Å². The number of carboxylic acid groups (broad SMARTS) is 1. The van der Waals surface area contributed by atoms with Crippen LogP contribution in [0.1, 0.15) is 41.5 Å². The molecule has 3 N–H and O–H groups in total. The average molecular weight is 650 g/mol. The van der Waals surface area contributed by atoms with Crippen LogP contribution in [0.2, 0.25) is 0 Å². The van der Waals surface area contributed by atoms with Crippen LogP contribution in [0.5, 0.6) is 5.75 Å². The van der Waals surface area contributed by atoms with Crippen LogP contribution in [0, 0.1) is 0 Å². The summed E-state index contributed by atoms with van der Waals surface area (Å²) >= 11 is 0.